The minimum atomic E-state index is -0.715. The van der Waals surface area contributed by atoms with Gasteiger partial charge in [-0.15, -0.1) is 0 Å². The summed E-state index contributed by atoms with van der Waals surface area (Å²) in [5.74, 6) is 0. The maximum atomic E-state index is 10.6. The van der Waals surface area contributed by atoms with Gasteiger partial charge in [-0.1, -0.05) is 24.4 Å². The van der Waals surface area contributed by atoms with Crippen molar-refractivity contribution in [2.75, 3.05) is 0 Å². The lowest BCUT2D eigenvalue weighted by Crippen LogP contribution is -2.21. The van der Waals surface area contributed by atoms with Gasteiger partial charge in [0.25, 0.3) is 0 Å². The number of nitrogens with one attached hydrogen (secondary N) is 1. The Kier molecular flexibility index (Phi) is 2.19. The third kappa shape index (κ3) is 1.43. The summed E-state index contributed by atoms with van der Waals surface area (Å²) < 4.78 is 0. The summed E-state index contributed by atoms with van der Waals surface area (Å²) >= 11 is 6.06. The summed E-state index contributed by atoms with van der Waals surface area (Å²) in [7, 11) is 0. The number of benzene rings is 1. The van der Waals surface area contributed by atoms with Crippen LogP contribution in [0.2, 0.25) is 5.02 Å². The molecule has 0 aliphatic heterocycles. The van der Waals surface area contributed by atoms with Crippen LogP contribution in [0.15, 0.2) is 18.3 Å². The number of aromatic amines is 1. The van der Waals surface area contributed by atoms with E-state index in [4.69, 9.17) is 11.6 Å². The first-order valence-corrected chi connectivity index (χ1v) is 5.92. The first kappa shape index (κ1) is 10.1. The summed E-state index contributed by atoms with van der Waals surface area (Å²) in [4.78, 5) is 0. The standard InChI is InChI=1S/C12H13ClN2O/c13-8-5-10(12(16)3-1-2-4-12)9-7-14-15-11(9)6-8/h5-7,16H,1-4H2,(H,14,15). The maximum Gasteiger partial charge on any atom is 0.0904 e. The second-order valence-electron chi connectivity index (χ2n) is 4.52. The number of H-pyrrole nitrogens is 1. The first-order valence-electron chi connectivity index (χ1n) is 5.54. The Bertz CT molecular complexity index is 529. The lowest BCUT2D eigenvalue weighted by atomic mass is 9.90. The van der Waals surface area contributed by atoms with Crippen molar-refractivity contribution >= 4 is 22.5 Å². The molecule has 0 amide bonds. The molecule has 0 spiro atoms. The van der Waals surface area contributed by atoms with Crippen LogP contribution in [0.3, 0.4) is 0 Å². The average molecular weight is 237 g/mol. The Hall–Kier alpha value is -1.06. The summed E-state index contributed by atoms with van der Waals surface area (Å²) in [5.41, 5.74) is 1.09. The highest BCUT2D eigenvalue weighted by molar-refractivity contribution is 6.31. The summed E-state index contributed by atoms with van der Waals surface area (Å²) in [6.07, 6.45) is 5.53. The lowest BCUT2D eigenvalue weighted by Gasteiger charge is -2.23. The second-order valence-corrected chi connectivity index (χ2v) is 4.96. The molecule has 2 aromatic rings. The molecule has 3 rings (SSSR count). The molecule has 0 saturated heterocycles. The van der Waals surface area contributed by atoms with Gasteiger partial charge in [0.05, 0.1) is 17.3 Å². The van der Waals surface area contributed by atoms with E-state index in [0.29, 0.717) is 5.02 Å². The lowest BCUT2D eigenvalue weighted by molar-refractivity contribution is 0.0460. The molecule has 4 heteroatoms. The smallest absolute Gasteiger partial charge is 0.0904 e. The van der Waals surface area contributed by atoms with Crippen LogP contribution in [0.25, 0.3) is 10.9 Å². The molecule has 16 heavy (non-hydrogen) atoms. The Labute approximate surface area is 98.4 Å². The number of hydrogen-bond acceptors (Lipinski definition) is 2. The van der Waals surface area contributed by atoms with Gasteiger partial charge in [0, 0.05) is 10.4 Å². The second kappa shape index (κ2) is 3.47. The first-order chi connectivity index (χ1) is 7.69. The van der Waals surface area contributed by atoms with E-state index in [9.17, 15) is 5.11 Å². The SMILES string of the molecule is OC1(c2cc(Cl)cc3[nH]ncc23)CCCC1. The molecule has 0 unspecified atom stereocenters. The Morgan fingerprint density at radius 3 is 2.81 bits per heavy atom. The van der Waals surface area contributed by atoms with Crippen LogP contribution in [0.5, 0.6) is 0 Å². The summed E-state index contributed by atoms with van der Waals surface area (Å²) in [6.45, 7) is 0. The molecular formula is C12H13ClN2O. The molecular weight excluding hydrogens is 224 g/mol. The van der Waals surface area contributed by atoms with E-state index in [2.05, 4.69) is 10.2 Å². The van der Waals surface area contributed by atoms with E-state index in [1.807, 2.05) is 12.1 Å². The molecule has 3 nitrogen and oxygen atoms in total. The van der Waals surface area contributed by atoms with Gasteiger partial charge in [-0.2, -0.15) is 5.10 Å². The van der Waals surface area contributed by atoms with Gasteiger partial charge < -0.3 is 5.11 Å². The van der Waals surface area contributed by atoms with E-state index < -0.39 is 5.60 Å². The fraction of sp³-hybridized carbons (Fsp3) is 0.417. The molecule has 1 aliphatic carbocycles. The van der Waals surface area contributed by atoms with Crippen molar-refractivity contribution in [2.24, 2.45) is 0 Å². The average Bonchev–Trinajstić information content (AvgIpc) is 2.85. The van der Waals surface area contributed by atoms with Gasteiger partial charge in [0.15, 0.2) is 0 Å². The number of aromatic nitrogens is 2. The number of hydrogen-bond donors (Lipinski definition) is 2. The zero-order chi connectivity index (χ0) is 11.2. The zero-order valence-corrected chi connectivity index (χ0v) is 9.59. The van der Waals surface area contributed by atoms with Crippen molar-refractivity contribution < 1.29 is 5.11 Å². The monoisotopic (exact) mass is 236 g/mol. The Balaban J connectivity index is 2.25. The van der Waals surface area contributed by atoms with Crippen LogP contribution in [-0.2, 0) is 5.60 Å². The number of nitrogens with zero attached hydrogens (tertiary/aromatic N) is 1. The van der Waals surface area contributed by atoms with E-state index in [-0.39, 0.29) is 0 Å². The molecule has 1 fully saturated rings. The number of aliphatic hydroxyl groups is 1. The number of rotatable bonds is 1. The predicted molar refractivity (Wildman–Crippen MR) is 63.5 cm³/mol. The van der Waals surface area contributed by atoms with Gasteiger partial charge in [-0.25, -0.2) is 0 Å². The number of halogens is 1. The van der Waals surface area contributed by atoms with Crippen molar-refractivity contribution in [1.29, 1.82) is 0 Å². The quantitative estimate of drug-likeness (QED) is 0.800. The largest absolute Gasteiger partial charge is 0.385 e. The van der Waals surface area contributed by atoms with Crippen LogP contribution in [-0.4, -0.2) is 15.3 Å². The summed E-state index contributed by atoms with van der Waals surface area (Å²) in [5, 5.41) is 19.1. The van der Waals surface area contributed by atoms with E-state index >= 15 is 0 Å². The molecule has 84 valence electrons. The van der Waals surface area contributed by atoms with Crippen molar-refractivity contribution in [3.05, 3.63) is 28.9 Å². The van der Waals surface area contributed by atoms with Crippen LogP contribution in [0.4, 0.5) is 0 Å². The van der Waals surface area contributed by atoms with Gasteiger partial charge in [-0.3, -0.25) is 5.10 Å². The van der Waals surface area contributed by atoms with Crippen molar-refractivity contribution in [1.82, 2.24) is 10.2 Å². The fourth-order valence-electron chi connectivity index (χ4n) is 2.63. The molecule has 2 N–H and O–H groups in total. The molecule has 1 aromatic carbocycles. The fourth-order valence-corrected chi connectivity index (χ4v) is 2.85. The van der Waals surface area contributed by atoms with Crippen molar-refractivity contribution in [2.45, 2.75) is 31.3 Å². The zero-order valence-electron chi connectivity index (χ0n) is 8.83. The molecule has 0 bridgehead atoms. The molecule has 0 radical (unpaired) electrons. The highest BCUT2D eigenvalue weighted by atomic mass is 35.5. The van der Waals surface area contributed by atoms with Crippen LogP contribution < -0.4 is 0 Å². The highest BCUT2D eigenvalue weighted by Crippen LogP contribution is 2.42. The maximum absolute atomic E-state index is 10.6. The topological polar surface area (TPSA) is 48.9 Å². The Morgan fingerprint density at radius 1 is 1.31 bits per heavy atom. The van der Waals surface area contributed by atoms with E-state index in [0.717, 1.165) is 42.1 Å². The van der Waals surface area contributed by atoms with Gasteiger partial charge in [0.2, 0.25) is 0 Å². The normalized spacial score (nSPS) is 19.4. The van der Waals surface area contributed by atoms with Gasteiger partial charge in [-0.05, 0) is 30.5 Å². The third-order valence-electron chi connectivity index (χ3n) is 3.46. The van der Waals surface area contributed by atoms with Crippen molar-refractivity contribution in [3.63, 3.8) is 0 Å². The number of fused-ring (bicyclic) bond motifs is 1. The molecule has 0 atom stereocenters. The molecule has 1 saturated carbocycles. The van der Waals surface area contributed by atoms with E-state index in [1.165, 1.54) is 0 Å². The van der Waals surface area contributed by atoms with E-state index in [1.54, 1.807) is 6.20 Å². The molecule has 1 heterocycles. The highest BCUT2D eigenvalue weighted by Gasteiger charge is 2.34. The molecule has 1 aliphatic rings. The molecule has 1 aromatic heterocycles. The van der Waals surface area contributed by atoms with Crippen LogP contribution in [0.1, 0.15) is 31.2 Å². The predicted octanol–water partition coefficient (Wildman–Crippen LogP) is 2.98. The van der Waals surface area contributed by atoms with Crippen LogP contribution >= 0.6 is 11.6 Å². The summed E-state index contributed by atoms with van der Waals surface area (Å²) in [6, 6.07) is 3.70. The van der Waals surface area contributed by atoms with Crippen molar-refractivity contribution in [3.8, 4) is 0 Å². The van der Waals surface area contributed by atoms with Gasteiger partial charge in [0.1, 0.15) is 0 Å². The Morgan fingerprint density at radius 2 is 2.06 bits per heavy atom. The van der Waals surface area contributed by atoms with Crippen LogP contribution in [0, 0.1) is 0 Å². The minimum absolute atomic E-state index is 0.645. The van der Waals surface area contributed by atoms with Gasteiger partial charge >= 0.3 is 0 Å². The minimum Gasteiger partial charge on any atom is -0.385 e. The third-order valence-corrected chi connectivity index (χ3v) is 3.67.